The number of hydrogen-bond donors (Lipinski definition) is 0. The molecule has 2 fully saturated rings. The average Bonchev–Trinajstić information content (AvgIpc) is 2.84. The van der Waals surface area contributed by atoms with E-state index in [9.17, 15) is 26.4 Å². The largest absolute Gasteiger partial charge is 0.416 e. The number of piperazine rings is 1. The van der Waals surface area contributed by atoms with Crippen molar-refractivity contribution in [1.82, 2.24) is 9.21 Å². The van der Waals surface area contributed by atoms with Crippen molar-refractivity contribution in [1.29, 1.82) is 0 Å². The highest BCUT2D eigenvalue weighted by Crippen LogP contribution is 2.32. The third kappa shape index (κ3) is 5.07. The predicted molar refractivity (Wildman–Crippen MR) is 123 cm³/mol. The summed E-state index contributed by atoms with van der Waals surface area (Å²) in [7, 11) is -3.66. The van der Waals surface area contributed by atoms with Gasteiger partial charge in [-0.05, 0) is 55.7 Å². The maximum Gasteiger partial charge on any atom is 0.416 e. The number of rotatable bonds is 4. The second-order valence-corrected chi connectivity index (χ2v) is 10.7. The van der Waals surface area contributed by atoms with E-state index in [0.29, 0.717) is 56.1 Å². The minimum absolute atomic E-state index is 0.117. The Morgan fingerprint density at radius 3 is 2.21 bits per heavy atom. The monoisotopic (exact) mass is 495 g/mol. The Labute approximate surface area is 198 Å². The summed E-state index contributed by atoms with van der Waals surface area (Å²) in [4.78, 5) is 16.8. The number of anilines is 1. The average molecular weight is 496 g/mol. The first-order valence-corrected chi connectivity index (χ1v) is 12.8. The van der Waals surface area contributed by atoms with Gasteiger partial charge in [0.1, 0.15) is 0 Å². The molecule has 2 aromatic carbocycles. The van der Waals surface area contributed by atoms with Crippen molar-refractivity contribution in [2.45, 2.75) is 37.3 Å². The number of alkyl halides is 3. The number of benzene rings is 2. The van der Waals surface area contributed by atoms with Crippen LogP contribution in [-0.2, 0) is 16.2 Å². The molecule has 10 heteroatoms. The van der Waals surface area contributed by atoms with Gasteiger partial charge < -0.3 is 9.80 Å². The zero-order chi connectivity index (χ0) is 24.5. The van der Waals surface area contributed by atoms with Crippen LogP contribution < -0.4 is 4.90 Å². The molecule has 2 saturated heterocycles. The molecule has 0 aromatic heterocycles. The number of halogens is 3. The number of carbonyl (C=O) groups excluding carboxylic acids is 1. The molecule has 0 unspecified atom stereocenters. The molecule has 0 radical (unpaired) electrons. The number of piperidine rings is 1. The van der Waals surface area contributed by atoms with Gasteiger partial charge in [0.15, 0.2) is 0 Å². The normalized spacial score (nSPS) is 18.2. The first-order chi connectivity index (χ1) is 16.1. The Morgan fingerprint density at radius 2 is 1.56 bits per heavy atom. The highest BCUT2D eigenvalue weighted by Gasteiger charge is 2.32. The molecule has 1 amide bonds. The summed E-state index contributed by atoms with van der Waals surface area (Å²) < 4.78 is 66.7. The first kappa shape index (κ1) is 24.5. The van der Waals surface area contributed by atoms with Gasteiger partial charge in [-0.2, -0.15) is 17.5 Å². The summed E-state index contributed by atoms with van der Waals surface area (Å²) in [5.41, 5.74) is 0.784. The van der Waals surface area contributed by atoms with E-state index in [0.717, 1.165) is 31.4 Å². The van der Waals surface area contributed by atoms with Gasteiger partial charge in [-0.3, -0.25) is 4.79 Å². The summed E-state index contributed by atoms with van der Waals surface area (Å²) in [6.07, 6.45) is -1.75. The maximum atomic E-state index is 13.3. The second kappa shape index (κ2) is 9.58. The van der Waals surface area contributed by atoms with E-state index in [1.54, 1.807) is 30.0 Å². The Kier molecular flexibility index (Phi) is 6.91. The molecule has 0 bridgehead atoms. The number of hydrogen-bond acceptors (Lipinski definition) is 4. The van der Waals surface area contributed by atoms with Crippen LogP contribution in [0.1, 0.15) is 40.7 Å². The third-order valence-electron chi connectivity index (χ3n) is 6.50. The summed E-state index contributed by atoms with van der Waals surface area (Å²) in [5.74, 6) is -0.267. The number of aryl methyl sites for hydroxylation is 1. The Bertz CT molecular complexity index is 1150. The van der Waals surface area contributed by atoms with Crippen LogP contribution in [0.25, 0.3) is 0 Å². The molecule has 0 atom stereocenters. The molecule has 6 nitrogen and oxygen atoms in total. The van der Waals surface area contributed by atoms with Crippen LogP contribution in [0.3, 0.4) is 0 Å². The van der Waals surface area contributed by atoms with E-state index in [-0.39, 0.29) is 10.8 Å². The minimum Gasteiger partial charge on any atom is -0.368 e. The van der Waals surface area contributed by atoms with E-state index in [1.807, 2.05) is 4.90 Å². The van der Waals surface area contributed by atoms with Gasteiger partial charge in [0.25, 0.3) is 5.91 Å². The third-order valence-corrected chi connectivity index (χ3v) is 8.39. The molecule has 2 aliphatic rings. The van der Waals surface area contributed by atoms with Crippen molar-refractivity contribution in [2.75, 3.05) is 44.2 Å². The Balaban J connectivity index is 1.48. The van der Waals surface area contributed by atoms with E-state index in [4.69, 9.17) is 0 Å². The fourth-order valence-electron chi connectivity index (χ4n) is 4.46. The van der Waals surface area contributed by atoms with Gasteiger partial charge in [0, 0.05) is 50.5 Å². The highest BCUT2D eigenvalue weighted by atomic mass is 32.2. The van der Waals surface area contributed by atoms with Gasteiger partial charge in [-0.15, -0.1) is 0 Å². The molecule has 2 aliphatic heterocycles. The molecular weight excluding hydrogens is 467 g/mol. The summed E-state index contributed by atoms with van der Waals surface area (Å²) in [6.45, 7) is 4.17. The van der Waals surface area contributed by atoms with Crippen LogP contribution in [-0.4, -0.2) is 62.8 Å². The van der Waals surface area contributed by atoms with Crippen LogP contribution in [0.5, 0.6) is 0 Å². The van der Waals surface area contributed by atoms with Crippen molar-refractivity contribution in [3.8, 4) is 0 Å². The summed E-state index contributed by atoms with van der Waals surface area (Å²) >= 11 is 0. The van der Waals surface area contributed by atoms with Crippen molar-refractivity contribution in [3.05, 3.63) is 59.2 Å². The minimum atomic E-state index is -4.41. The van der Waals surface area contributed by atoms with Crippen LogP contribution in [0.15, 0.2) is 47.4 Å². The number of amides is 1. The molecule has 0 spiro atoms. The van der Waals surface area contributed by atoms with Crippen LogP contribution in [0, 0.1) is 6.92 Å². The molecule has 2 aromatic rings. The van der Waals surface area contributed by atoms with Gasteiger partial charge in [-0.1, -0.05) is 18.6 Å². The molecule has 2 heterocycles. The molecule has 4 rings (SSSR count). The van der Waals surface area contributed by atoms with Gasteiger partial charge >= 0.3 is 6.18 Å². The lowest BCUT2D eigenvalue weighted by Crippen LogP contribution is -2.49. The van der Waals surface area contributed by atoms with Crippen LogP contribution in [0.2, 0.25) is 0 Å². The van der Waals surface area contributed by atoms with Gasteiger partial charge in [0.05, 0.1) is 10.5 Å². The first-order valence-electron chi connectivity index (χ1n) is 11.4. The van der Waals surface area contributed by atoms with E-state index < -0.39 is 21.8 Å². The molecule has 184 valence electrons. The lowest BCUT2D eigenvalue weighted by Gasteiger charge is -2.36. The summed E-state index contributed by atoms with van der Waals surface area (Å²) in [5, 5.41) is 0. The zero-order valence-corrected chi connectivity index (χ0v) is 19.8. The quantitative estimate of drug-likeness (QED) is 0.640. The summed E-state index contributed by atoms with van der Waals surface area (Å²) in [6, 6.07) is 9.83. The maximum absolute atomic E-state index is 13.3. The Morgan fingerprint density at radius 1 is 0.882 bits per heavy atom. The smallest absolute Gasteiger partial charge is 0.368 e. The van der Waals surface area contributed by atoms with Crippen molar-refractivity contribution < 1.29 is 26.4 Å². The highest BCUT2D eigenvalue weighted by molar-refractivity contribution is 7.89. The number of nitrogens with zero attached hydrogens (tertiary/aromatic N) is 3. The predicted octanol–water partition coefficient (Wildman–Crippen LogP) is 4.15. The topological polar surface area (TPSA) is 60.9 Å². The van der Waals surface area contributed by atoms with E-state index >= 15 is 0 Å². The number of carbonyl (C=O) groups is 1. The van der Waals surface area contributed by atoms with E-state index in [2.05, 4.69) is 0 Å². The van der Waals surface area contributed by atoms with Crippen molar-refractivity contribution >= 4 is 21.6 Å². The number of sulfonamides is 1. The molecule has 34 heavy (non-hydrogen) atoms. The Hall–Kier alpha value is -2.59. The van der Waals surface area contributed by atoms with Gasteiger partial charge in [0.2, 0.25) is 10.0 Å². The molecular formula is C24H28F3N3O3S. The van der Waals surface area contributed by atoms with Crippen molar-refractivity contribution in [3.63, 3.8) is 0 Å². The molecule has 0 N–H and O–H groups in total. The van der Waals surface area contributed by atoms with Crippen LogP contribution in [0.4, 0.5) is 18.9 Å². The SMILES string of the molecule is Cc1ccc(S(=O)(=O)N2CCCCC2)cc1C(=O)N1CCN(c2cccc(C(F)(F)F)c2)CC1. The van der Waals surface area contributed by atoms with E-state index in [1.165, 1.54) is 16.4 Å². The fraction of sp³-hybridized carbons (Fsp3) is 0.458. The lowest BCUT2D eigenvalue weighted by atomic mass is 10.1. The van der Waals surface area contributed by atoms with Crippen molar-refractivity contribution in [2.24, 2.45) is 0 Å². The standard InChI is InChI=1S/C24H28F3N3O3S/c1-18-8-9-21(34(32,33)30-10-3-2-4-11-30)17-22(18)23(31)29-14-12-28(13-15-29)20-7-5-6-19(16-20)24(25,26)27/h5-9,16-17H,2-4,10-15H2,1H3. The fourth-order valence-corrected chi connectivity index (χ4v) is 6.01. The van der Waals surface area contributed by atoms with Crippen LogP contribution >= 0.6 is 0 Å². The second-order valence-electron chi connectivity index (χ2n) is 8.77. The zero-order valence-electron chi connectivity index (χ0n) is 19.0. The molecule has 0 saturated carbocycles. The molecule has 0 aliphatic carbocycles. The van der Waals surface area contributed by atoms with Gasteiger partial charge in [-0.25, -0.2) is 8.42 Å². The lowest BCUT2D eigenvalue weighted by molar-refractivity contribution is -0.137.